The zero-order chi connectivity index (χ0) is 23.5. The maximum atomic E-state index is 6.23. The van der Waals surface area contributed by atoms with E-state index in [2.05, 4.69) is 107 Å². The van der Waals surface area contributed by atoms with Crippen LogP contribution in [-0.4, -0.2) is 18.3 Å². The van der Waals surface area contributed by atoms with Gasteiger partial charge in [-0.3, -0.25) is 0 Å². The van der Waals surface area contributed by atoms with Gasteiger partial charge in [-0.1, -0.05) is 72.8 Å². The highest BCUT2D eigenvalue weighted by molar-refractivity contribution is 6.62. The second-order valence-corrected chi connectivity index (χ2v) is 10.1. The van der Waals surface area contributed by atoms with Crippen LogP contribution in [0.15, 0.2) is 95.4 Å². The Kier molecular flexibility index (Phi) is 4.74. The van der Waals surface area contributed by atoms with E-state index < -0.39 is 7.12 Å². The SMILES string of the molecule is CC1(C)OB(c2ccc3c(c2)oc2ccc(-c4ccc(-c5ccccc5)cc4)cc23)OC1(C)C. The van der Waals surface area contributed by atoms with Gasteiger partial charge in [0.15, 0.2) is 0 Å². The smallest absolute Gasteiger partial charge is 0.456 e. The van der Waals surface area contributed by atoms with E-state index in [1.54, 1.807) is 0 Å². The molecule has 1 aliphatic heterocycles. The first-order valence-corrected chi connectivity index (χ1v) is 11.8. The lowest BCUT2D eigenvalue weighted by Gasteiger charge is -2.32. The van der Waals surface area contributed by atoms with Gasteiger partial charge in [0.1, 0.15) is 11.2 Å². The Bertz CT molecular complexity index is 1480. The molecule has 0 N–H and O–H groups in total. The van der Waals surface area contributed by atoms with Crippen molar-refractivity contribution >= 4 is 34.5 Å². The molecular weight excluding hydrogens is 419 g/mol. The van der Waals surface area contributed by atoms with Crippen LogP contribution < -0.4 is 5.46 Å². The molecule has 0 radical (unpaired) electrons. The normalized spacial score (nSPS) is 17.0. The third kappa shape index (κ3) is 3.46. The Labute approximate surface area is 200 Å². The van der Waals surface area contributed by atoms with E-state index in [1.807, 2.05) is 12.1 Å². The highest BCUT2D eigenvalue weighted by atomic mass is 16.7. The number of hydrogen-bond acceptors (Lipinski definition) is 3. The summed E-state index contributed by atoms with van der Waals surface area (Å²) in [6.07, 6.45) is 0. The lowest BCUT2D eigenvalue weighted by atomic mass is 9.79. The second kappa shape index (κ2) is 7.59. The molecule has 0 saturated carbocycles. The Hall–Kier alpha value is -3.34. The molecule has 0 aliphatic carbocycles. The summed E-state index contributed by atoms with van der Waals surface area (Å²) >= 11 is 0. The molecule has 0 unspecified atom stereocenters. The van der Waals surface area contributed by atoms with Crippen molar-refractivity contribution in [1.82, 2.24) is 0 Å². The highest BCUT2D eigenvalue weighted by Crippen LogP contribution is 2.37. The molecule has 168 valence electrons. The van der Waals surface area contributed by atoms with Gasteiger partial charge in [0.2, 0.25) is 0 Å². The standard InChI is InChI=1S/C30H27BO3/c1-29(2)30(3,4)34-31(33-29)24-15-16-25-26-18-23(14-17-27(26)32-28(25)19-24)22-12-10-21(11-13-22)20-8-6-5-7-9-20/h5-19H,1-4H3. The van der Waals surface area contributed by atoms with Crippen molar-refractivity contribution in [1.29, 1.82) is 0 Å². The van der Waals surface area contributed by atoms with Crippen molar-refractivity contribution in [2.24, 2.45) is 0 Å². The lowest BCUT2D eigenvalue weighted by molar-refractivity contribution is 0.00578. The molecule has 0 spiro atoms. The van der Waals surface area contributed by atoms with Gasteiger partial charge >= 0.3 is 7.12 Å². The monoisotopic (exact) mass is 446 g/mol. The molecule has 5 aromatic rings. The van der Waals surface area contributed by atoms with E-state index in [-0.39, 0.29) is 11.2 Å². The number of hydrogen-bond donors (Lipinski definition) is 0. The molecule has 1 aliphatic rings. The van der Waals surface area contributed by atoms with Gasteiger partial charge in [-0.15, -0.1) is 0 Å². The Morgan fingerprint density at radius 2 is 1.12 bits per heavy atom. The van der Waals surface area contributed by atoms with Crippen molar-refractivity contribution in [3.05, 3.63) is 91.0 Å². The molecule has 6 rings (SSSR count). The quantitative estimate of drug-likeness (QED) is 0.274. The van der Waals surface area contributed by atoms with E-state index in [9.17, 15) is 0 Å². The van der Waals surface area contributed by atoms with Crippen LogP contribution in [0.3, 0.4) is 0 Å². The molecule has 4 heteroatoms. The molecule has 1 fully saturated rings. The van der Waals surface area contributed by atoms with Crippen molar-refractivity contribution in [3.63, 3.8) is 0 Å². The third-order valence-corrected chi connectivity index (χ3v) is 7.35. The van der Waals surface area contributed by atoms with Crippen LogP contribution in [0.1, 0.15) is 27.7 Å². The third-order valence-electron chi connectivity index (χ3n) is 7.35. The second-order valence-electron chi connectivity index (χ2n) is 10.1. The number of rotatable bonds is 3. The van der Waals surface area contributed by atoms with Crippen molar-refractivity contribution in [3.8, 4) is 22.3 Å². The summed E-state index contributed by atoms with van der Waals surface area (Å²) in [6, 6.07) is 31.8. The van der Waals surface area contributed by atoms with Crippen LogP contribution in [0.2, 0.25) is 0 Å². The highest BCUT2D eigenvalue weighted by Gasteiger charge is 2.51. The molecule has 0 atom stereocenters. The fourth-order valence-electron chi connectivity index (χ4n) is 4.58. The van der Waals surface area contributed by atoms with E-state index in [0.717, 1.165) is 27.4 Å². The van der Waals surface area contributed by atoms with Crippen LogP contribution >= 0.6 is 0 Å². The van der Waals surface area contributed by atoms with Crippen LogP contribution in [0, 0.1) is 0 Å². The van der Waals surface area contributed by atoms with Gasteiger partial charge in [0.05, 0.1) is 11.2 Å². The van der Waals surface area contributed by atoms with Gasteiger partial charge in [0, 0.05) is 10.8 Å². The summed E-state index contributed by atoms with van der Waals surface area (Å²) in [6.45, 7) is 8.28. The van der Waals surface area contributed by atoms with Crippen LogP contribution in [0.5, 0.6) is 0 Å². The minimum atomic E-state index is -0.402. The van der Waals surface area contributed by atoms with Gasteiger partial charge < -0.3 is 13.7 Å². The summed E-state index contributed by atoms with van der Waals surface area (Å²) in [5, 5.41) is 2.21. The van der Waals surface area contributed by atoms with Gasteiger partial charge in [-0.05, 0) is 73.6 Å². The summed E-state index contributed by atoms with van der Waals surface area (Å²) in [5.41, 5.74) is 6.76. The van der Waals surface area contributed by atoms with Gasteiger partial charge in [-0.25, -0.2) is 0 Å². The van der Waals surface area contributed by atoms with E-state index in [0.29, 0.717) is 0 Å². The number of furan rings is 1. The minimum absolute atomic E-state index is 0.370. The van der Waals surface area contributed by atoms with Gasteiger partial charge in [0.25, 0.3) is 0 Å². The predicted octanol–water partition coefficient (Wildman–Crippen LogP) is 7.22. The van der Waals surface area contributed by atoms with Crippen LogP contribution in [0.4, 0.5) is 0 Å². The van der Waals surface area contributed by atoms with Gasteiger partial charge in [-0.2, -0.15) is 0 Å². The summed E-state index contributed by atoms with van der Waals surface area (Å²) in [7, 11) is -0.402. The Balaban J connectivity index is 1.34. The fraction of sp³-hybridized carbons (Fsp3) is 0.200. The first-order valence-electron chi connectivity index (χ1n) is 11.8. The molecule has 1 saturated heterocycles. The summed E-state index contributed by atoms with van der Waals surface area (Å²) < 4.78 is 18.7. The molecular formula is C30H27BO3. The van der Waals surface area contributed by atoms with Crippen molar-refractivity contribution in [2.45, 2.75) is 38.9 Å². The first kappa shape index (κ1) is 21.2. The molecule has 2 heterocycles. The van der Waals surface area contributed by atoms with Crippen LogP contribution in [0.25, 0.3) is 44.2 Å². The van der Waals surface area contributed by atoms with Crippen molar-refractivity contribution < 1.29 is 13.7 Å². The minimum Gasteiger partial charge on any atom is -0.456 e. The maximum Gasteiger partial charge on any atom is 0.494 e. The molecule has 34 heavy (non-hydrogen) atoms. The zero-order valence-corrected chi connectivity index (χ0v) is 20.0. The molecule has 0 amide bonds. The average molecular weight is 446 g/mol. The molecule has 4 aromatic carbocycles. The zero-order valence-electron chi connectivity index (χ0n) is 20.0. The summed E-state index contributed by atoms with van der Waals surface area (Å²) in [4.78, 5) is 0. The Morgan fingerprint density at radius 3 is 1.79 bits per heavy atom. The largest absolute Gasteiger partial charge is 0.494 e. The number of benzene rings is 4. The average Bonchev–Trinajstić information content (AvgIpc) is 3.31. The van der Waals surface area contributed by atoms with Crippen LogP contribution in [-0.2, 0) is 9.31 Å². The molecule has 3 nitrogen and oxygen atoms in total. The fourth-order valence-corrected chi connectivity index (χ4v) is 4.58. The van der Waals surface area contributed by atoms with E-state index in [1.165, 1.54) is 22.3 Å². The number of fused-ring (bicyclic) bond motifs is 3. The van der Waals surface area contributed by atoms with Crippen molar-refractivity contribution in [2.75, 3.05) is 0 Å². The summed E-state index contributed by atoms with van der Waals surface area (Å²) in [5.74, 6) is 0. The predicted molar refractivity (Wildman–Crippen MR) is 140 cm³/mol. The topological polar surface area (TPSA) is 31.6 Å². The molecule has 0 bridgehead atoms. The first-order chi connectivity index (χ1) is 16.3. The maximum absolute atomic E-state index is 6.23. The van der Waals surface area contributed by atoms with E-state index >= 15 is 0 Å². The van der Waals surface area contributed by atoms with E-state index in [4.69, 9.17) is 13.7 Å². The lowest BCUT2D eigenvalue weighted by Crippen LogP contribution is -2.41. The molecule has 1 aromatic heterocycles. The Morgan fingerprint density at radius 1 is 0.529 bits per heavy atom.